The molecule has 2 unspecified atom stereocenters. The topological polar surface area (TPSA) is 81.6 Å². The zero-order chi connectivity index (χ0) is 16.9. The molecule has 2 fully saturated rings. The van der Waals surface area contributed by atoms with Crippen molar-refractivity contribution in [2.45, 2.75) is 38.6 Å². The second-order valence-electron chi connectivity index (χ2n) is 6.72. The number of anilines is 2. The lowest BCUT2D eigenvalue weighted by molar-refractivity contribution is -0.129. The molecular formula is C17H27N5O2. The van der Waals surface area contributed by atoms with Crippen molar-refractivity contribution in [3.63, 3.8) is 0 Å². The van der Waals surface area contributed by atoms with E-state index < -0.39 is 0 Å². The number of aromatic nitrogens is 2. The highest BCUT2D eigenvalue weighted by atomic mass is 16.3. The molecule has 2 atom stereocenters. The van der Waals surface area contributed by atoms with Gasteiger partial charge in [-0.2, -0.15) is 0 Å². The summed E-state index contributed by atoms with van der Waals surface area (Å²) in [5, 5.41) is 12.8. The lowest BCUT2D eigenvalue weighted by Crippen LogP contribution is -2.37. The third kappa shape index (κ3) is 3.95. The van der Waals surface area contributed by atoms with E-state index in [1.54, 1.807) is 6.33 Å². The van der Waals surface area contributed by atoms with Crippen LogP contribution in [0.4, 0.5) is 11.6 Å². The number of nitrogens with one attached hydrogen (secondary N) is 1. The molecule has 2 N–H and O–H groups in total. The zero-order valence-corrected chi connectivity index (χ0v) is 14.3. The standard InChI is InChI=1S/C17H27N5O2/c1-2-17(24)22-7-5-14(10-22)20-15-8-16(19-12-18-15)21-6-3-4-13(9-21)11-23/h8,12-14,23H,2-7,9-11H2,1H3,(H,18,19,20). The van der Waals surface area contributed by atoms with Gasteiger partial charge in [0.1, 0.15) is 18.0 Å². The summed E-state index contributed by atoms with van der Waals surface area (Å²) in [4.78, 5) is 24.6. The Balaban J connectivity index is 1.60. The number of likely N-dealkylation sites (tertiary alicyclic amines) is 1. The van der Waals surface area contributed by atoms with Crippen molar-refractivity contribution in [3.05, 3.63) is 12.4 Å². The van der Waals surface area contributed by atoms with Gasteiger partial charge < -0.3 is 20.2 Å². The molecule has 3 heterocycles. The quantitative estimate of drug-likeness (QED) is 0.840. The van der Waals surface area contributed by atoms with Gasteiger partial charge in [-0.05, 0) is 25.2 Å². The summed E-state index contributed by atoms with van der Waals surface area (Å²) in [5.41, 5.74) is 0. The first-order valence-electron chi connectivity index (χ1n) is 8.91. The minimum absolute atomic E-state index is 0.214. The fourth-order valence-corrected chi connectivity index (χ4v) is 3.56. The molecule has 0 spiro atoms. The van der Waals surface area contributed by atoms with Crippen molar-refractivity contribution in [1.29, 1.82) is 0 Å². The summed E-state index contributed by atoms with van der Waals surface area (Å²) >= 11 is 0. The highest BCUT2D eigenvalue weighted by Crippen LogP contribution is 2.23. The van der Waals surface area contributed by atoms with Crippen LogP contribution in [0.5, 0.6) is 0 Å². The maximum absolute atomic E-state index is 11.8. The number of aliphatic hydroxyl groups excluding tert-OH is 1. The van der Waals surface area contributed by atoms with E-state index in [1.807, 2.05) is 17.9 Å². The Labute approximate surface area is 143 Å². The Hall–Kier alpha value is -1.89. The second kappa shape index (κ2) is 7.79. The predicted octanol–water partition coefficient (Wildman–Crippen LogP) is 1.11. The molecule has 132 valence electrons. The van der Waals surface area contributed by atoms with Gasteiger partial charge in [-0.25, -0.2) is 9.97 Å². The number of hydrogen-bond acceptors (Lipinski definition) is 6. The molecule has 2 aliphatic rings. The predicted molar refractivity (Wildman–Crippen MR) is 93.0 cm³/mol. The minimum atomic E-state index is 0.214. The molecule has 1 amide bonds. The van der Waals surface area contributed by atoms with Gasteiger partial charge in [0.05, 0.1) is 0 Å². The van der Waals surface area contributed by atoms with E-state index in [-0.39, 0.29) is 18.6 Å². The summed E-state index contributed by atoms with van der Waals surface area (Å²) < 4.78 is 0. The molecule has 0 radical (unpaired) electrons. The lowest BCUT2D eigenvalue weighted by Gasteiger charge is -2.32. The number of amides is 1. The molecule has 2 saturated heterocycles. The summed E-state index contributed by atoms with van der Waals surface area (Å²) in [6, 6.07) is 2.22. The van der Waals surface area contributed by atoms with Crippen LogP contribution < -0.4 is 10.2 Å². The zero-order valence-electron chi connectivity index (χ0n) is 14.3. The van der Waals surface area contributed by atoms with Crippen LogP contribution in [0.25, 0.3) is 0 Å². The van der Waals surface area contributed by atoms with Crippen LogP contribution in [0.2, 0.25) is 0 Å². The molecule has 0 aromatic carbocycles. The van der Waals surface area contributed by atoms with Gasteiger partial charge >= 0.3 is 0 Å². The molecule has 1 aromatic rings. The Morgan fingerprint density at radius 1 is 1.33 bits per heavy atom. The average molecular weight is 333 g/mol. The number of hydrogen-bond donors (Lipinski definition) is 2. The Kier molecular flexibility index (Phi) is 5.50. The van der Waals surface area contributed by atoms with Crippen molar-refractivity contribution >= 4 is 17.5 Å². The van der Waals surface area contributed by atoms with Crippen molar-refractivity contribution in [1.82, 2.24) is 14.9 Å². The van der Waals surface area contributed by atoms with Crippen LogP contribution >= 0.6 is 0 Å². The first-order chi connectivity index (χ1) is 11.7. The molecular weight excluding hydrogens is 306 g/mol. The highest BCUT2D eigenvalue weighted by molar-refractivity contribution is 5.76. The lowest BCUT2D eigenvalue weighted by atomic mass is 9.99. The van der Waals surface area contributed by atoms with Gasteiger partial charge in [-0.3, -0.25) is 4.79 Å². The van der Waals surface area contributed by atoms with Crippen LogP contribution in [0.3, 0.4) is 0 Å². The van der Waals surface area contributed by atoms with Crippen molar-refractivity contribution < 1.29 is 9.90 Å². The fourth-order valence-electron chi connectivity index (χ4n) is 3.56. The SMILES string of the molecule is CCC(=O)N1CCC(Nc2cc(N3CCCC(CO)C3)ncn2)C1. The smallest absolute Gasteiger partial charge is 0.222 e. The van der Waals surface area contributed by atoms with Crippen molar-refractivity contribution in [2.75, 3.05) is 43.0 Å². The van der Waals surface area contributed by atoms with E-state index in [9.17, 15) is 9.90 Å². The fraction of sp³-hybridized carbons (Fsp3) is 0.706. The Bertz CT molecular complexity index is 568. The molecule has 1 aromatic heterocycles. The number of carbonyl (C=O) groups excluding carboxylic acids is 1. The molecule has 7 nitrogen and oxygen atoms in total. The van der Waals surface area contributed by atoms with Gasteiger partial charge in [0, 0.05) is 51.3 Å². The highest BCUT2D eigenvalue weighted by Gasteiger charge is 2.26. The van der Waals surface area contributed by atoms with Crippen molar-refractivity contribution in [2.24, 2.45) is 5.92 Å². The van der Waals surface area contributed by atoms with Gasteiger partial charge in [-0.1, -0.05) is 6.92 Å². The number of nitrogens with zero attached hydrogens (tertiary/aromatic N) is 4. The monoisotopic (exact) mass is 333 g/mol. The van der Waals surface area contributed by atoms with Crippen LogP contribution in [-0.2, 0) is 4.79 Å². The first kappa shape index (κ1) is 17.0. The molecule has 3 rings (SSSR count). The third-order valence-corrected chi connectivity index (χ3v) is 4.95. The third-order valence-electron chi connectivity index (χ3n) is 4.95. The van der Waals surface area contributed by atoms with E-state index in [4.69, 9.17) is 0 Å². The molecule has 7 heteroatoms. The van der Waals surface area contributed by atoms with E-state index in [1.165, 1.54) is 0 Å². The number of carbonyl (C=O) groups is 1. The number of piperidine rings is 1. The van der Waals surface area contributed by atoms with E-state index in [2.05, 4.69) is 20.2 Å². The van der Waals surface area contributed by atoms with Gasteiger partial charge in [0.15, 0.2) is 0 Å². The molecule has 0 saturated carbocycles. The van der Waals surface area contributed by atoms with E-state index >= 15 is 0 Å². The van der Waals surface area contributed by atoms with Crippen LogP contribution in [0.1, 0.15) is 32.6 Å². The van der Waals surface area contributed by atoms with E-state index in [0.29, 0.717) is 12.3 Å². The largest absolute Gasteiger partial charge is 0.396 e. The Morgan fingerprint density at radius 2 is 2.21 bits per heavy atom. The van der Waals surface area contributed by atoms with E-state index in [0.717, 1.165) is 57.1 Å². The first-order valence-corrected chi connectivity index (χ1v) is 8.91. The van der Waals surface area contributed by atoms with Crippen LogP contribution in [0, 0.1) is 5.92 Å². The maximum atomic E-state index is 11.8. The van der Waals surface area contributed by atoms with Crippen LogP contribution in [0.15, 0.2) is 12.4 Å². The molecule has 0 bridgehead atoms. The minimum Gasteiger partial charge on any atom is -0.396 e. The average Bonchev–Trinajstić information content (AvgIpc) is 3.10. The number of rotatable bonds is 5. The molecule has 2 aliphatic heterocycles. The summed E-state index contributed by atoms with van der Waals surface area (Å²) in [6.07, 6.45) is 5.25. The van der Waals surface area contributed by atoms with Gasteiger partial charge in [0.2, 0.25) is 5.91 Å². The summed E-state index contributed by atoms with van der Waals surface area (Å²) in [6.45, 7) is 5.49. The van der Waals surface area contributed by atoms with Gasteiger partial charge in [0.25, 0.3) is 0 Å². The molecule has 24 heavy (non-hydrogen) atoms. The maximum Gasteiger partial charge on any atom is 0.222 e. The van der Waals surface area contributed by atoms with Crippen molar-refractivity contribution in [3.8, 4) is 0 Å². The summed E-state index contributed by atoms with van der Waals surface area (Å²) in [7, 11) is 0. The van der Waals surface area contributed by atoms with Crippen LogP contribution in [-0.4, -0.2) is 64.7 Å². The Morgan fingerprint density at radius 3 is 3.00 bits per heavy atom. The van der Waals surface area contributed by atoms with Gasteiger partial charge in [-0.15, -0.1) is 0 Å². The normalized spacial score (nSPS) is 24.2. The summed E-state index contributed by atoms with van der Waals surface area (Å²) in [5.74, 6) is 2.26. The molecule has 0 aliphatic carbocycles. The second-order valence-corrected chi connectivity index (χ2v) is 6.72. The number of aliphatic hydroxyl groups is 1.